The van der Waals surface area contributed by atoms with Gasteiger partial charge in [0.05, 0.1) is 0 Å². The lowest BCUT2D eigenvalue weighted by Crippen LogP contribution is -2.47. The van der Waals surface area contributed by atoms with Gasteiger partial charge >= 0.3 is 0 Å². The molecule has 0 radical (unpaired) electrons. The summed E-state index contributed by atoms with van der Waals surface area (Å²) in [5.41, 5.74) is 1.31. The summed E-state index contributed by atoms with van der Waals surface area (Å²) in [4.78, 5) is 4.96. The highest BCUT2D eigenvalue weighted by Gasteiger charge is 2.37. The predicted molar refractivity (Wildman–Crippen MR) is 89.9 cm³/mol. The van der Waals surface area contributed by atoms with Gasteiger partial charge in [0.2, 0.25) is 0 Å². The Morgan fingerprint density at radius 3 is 2.48 bits per heavy atom. The standard InChI is InChI=1S/C18H29N3/c1-20(16-7-4-3-5-8-16)12-6-11-19-15-13-17-9-10-18(14-15)21(17)2/h3-5,7-8,15,17-19H,6,9-14H2,1-2H3. The molecule has 0 aliphatic carbocycles. The summed E-state index contributed by atoms with van der Waals surface area (Å²) in [5.74, 6) is 0. The number of para-hydroxylation sites is 1. The molecule has 1 aromatic rings. The van der Waals surface area contributed by atoms with Crippen molar-refractivity contribution in [2.24, 2.45) is 0 Å². The zero-order valence-electron chi connectivity index (χ0n) is 13.5. The Labute approximate surface area is 129 Å². The number of nitrogens with one attached hydrogen (secondary N) is 1. The largest absolute Gasteiger partial charge is 0.375 e. The number of nitrogens with zero attached hydrogens (tertiary/aromatic N) is 2. The average Bonchev–Trinajstić information content (AvgIpc) is 2.74. The van der Waals surface area contributed by atoms with Crippen LogP contribution in [-0.2, 0) is 0 Å². The number of piperidine rings is 1. The van der Waals surface area contributed by atoms with Gasteiger partial charge in [-0.1, -0.05) is 18.2 Å². The van der Waals surface area contributed by atoms with E-state index in [-0.39, 0.29) is 0 Å². The Balaban J connectivity index is 1.36. The van der Waals surface area contributed by atoms with Gasteiger partial charge in [0, 0.05) is 37.4 Å². The van der Waals surface area contributed by atoms with E-state index in [9.17, 15) is 0 Å². The Kier molecular flexibility index (Phi) is 4.81. The molecule has 2 unspecified atom stereocenters. The molecule has 116 valence electrons. The highest BCUT2D eigenvalue weighted by Crippen LogP contribution is 2.34. The van der Waals surface area contributed by atoms with Crippen molar-refractivity contribution in [3.05, 3.63) is 30.3 Å². The minimum atomic E-state index is 0.751. The third kappa shape index (κ3) is 3.58. The molecule has 2 saturated heterocycles. The van der Waals surface area contributed by atoms with Crippen LogP contribution >= 0.6 is 0 Å². The second-order valence-corrected chi connectivity index (χ2v) is 6.78. The lowest BCUT2D eigenvalue weighted by molar-refractivity contribution is 0.149. The van der Waals surface area contributed by atoms with Crippen molar-refractivity contribution in [2.45, 2.75) is 50.2 Å². The normalized spacial score (nSPS) is 28.8. The first-order valence-corrected chi connectivity index (χ1v) is 8.45. The Hall–Kier alpha value is -1.06. The van der Waals surface area contributed by atoms with Crippen LogP contribution in [0.5, 0.6) is 0 Å². The molecule has 0 aromatic heterocycles. The molecule has 2 heterocycles. The molecular formula is C18H29N3. The third-order valence-electron chi connectivity index (χ3n) is 5.40. The molecule has 0 spiro atoms. The minimum absolute atomic E-state index is 0.751. The van der Waals surface area contributed by atoms with Crippen molar-refractivity contribution in [3.8, 4) is 0 Å². The maximum Gasteiger partial charge on any atom is 0.0363 e. The highest BCUT2D eigenvalue weighted by atomic mass is 15.2. The van der Waals surface area contributed by atoms with E-state index < -0.39 is 0 Å². The first kappa shape index (κ1) is 14.9. The van der Waals surface area contributed by atoms with Crippen molar-refractivity contribution >= 4 is 5.69 Å². The van der Waals surface area contributed by atoms with Crippen LogP contribution in [-0.4, -0.2) is 50.2 Å². The molecule has 21 heavy (non-hydrogen) atoms. The van der Waals surface area contributed by atoms with E-state index in [4.69, 9.17) is 0 Å². The fraction of sp³-hybridized carbons (Fsp3) is 0.667. The molecule has 0 saturated carbocycles. The van der Waals surface area contributed by atoms with E-state index in [1.807, 2.05) is 0 Å². The zero-order chi connectivity index (χ0) is 14.7. The van der Waals surface area contributed by atoms with Crippen LogP contribution in [0.1, 0.15) is 32.1 Å². The monoisotopic (exact) mass is 287 g/mol. The van der Waals surface area contributed by atoms with Gasteiger partial charge in [0.15, 0.2) is 0 Å². The van der Waals surface area contributed by atoms with Crippen LogP contribution in [0.2, 0.25) is 0 Å². The van der Waals surface area contributed by atoms with Crippen molar-refractivity contribution < 1.29 is 0 Å². The number of hydrogen-bond donors (Lipinski definition) is 1. The van der Waals surface area contributed by atoms with Crippen LogP contribution in [0.4, 0.5) is 5.69 Å². The summed E-state index contributed by atoms with van der Waals surface area (Å²) >= 11 is 0. The van der Waals surface area contributed by atoms with Crippen LogP contribution in [0, 0.1) is 0 Å². The van der Waals surface area contributed by atoms with E-state index >= 15 is 0 Å². The molecule has 2 atom stereocenters. The predicted octanol–water partition coefficient (Wildman–Crippen LogP) is 2.73. The Morgan fingerprint density at radius 1 is 1.14 bits per heavy atom. The molecule has 0 amide bonds. The molecule has 2 bridgehead atoms. The summed E-state index contributed by atoms with van der Waals surface area (Å²) < 4.78 is 0. The molecular weight excluding hydrogens is 258 g/mol. The summed E-state index contributed by atoms with van der Waals surface area (Å²) in [5, 5.41) is 3.80. The van der Waals surface area contributed by atoms with Gasteiger partial charge in [-0.25, -0.2) is 0 Å². The molecule has 3 heteroatoms. The summed E-state index contributed by atoms with van der Waals surface area (Å²) in [6.07, 6.45) is 6.74. The first-order chi connectivity index (χ1) is 10.2. The van der Waals surface area contributed by atoms with Gasteiger partial charge in [-0.3, -0.25) is 0 Å². The molecule has 1 aromatic carbocycles. The Morgan fingerprint density at radius 2 is 1.81 bits per heavy atom. The second kappa shape index (κ2) is 6.80. The summed E-state index contributed by atoms with van der Waals surface area (Å²) in [6.45, 7) is 2.27. The fourth-order valence-corrected chi connectivity index (χ4v) is 4.01. The van der Waals surface area contributed by atoms with Gasteiger partial charge in [0.1, 0.15) is 0 Å². The van der Waals surface area contributed by atoms with Gasteiger partial charge in [-0.05, 0) is 57.8 Å². The molecule has 3 rings (SSSR count). The SMILES string of the molecule is CN(CCCNC1CC2CCC(C1)N2C)c1ccccc1. The number of anilines is 1. The van der Waals surface area contributed by atoms with Crippen LogP contribution in [0.15, 0.2) is 30.3 Å². The maximum atomic E-state index is 3.80. The van der Waals surface area contributed by atoms with Crippen molar-refractivity contribution in [3.63, 3.8) is 0 Å². The lowest BCUT2D eigenvalue weighted by Gasteiger charge is -2.36. The summed E-state index contributed by atoms with van der Waals surface area (Å²) in [6, 6.07) is 13.1. The lowest BCUT2D eigenvalue weighted by atomic mass is 9.98. The van der Waals surface area contributed by atoms with Crippen LogP contribution in [0.3, 0.4) is 0 Å². The van der Waals surface area contributed by atoms with E-state index in [1.165, 1.54) is 37.8 Å². The summed E-state index contributed by atoms with van der Waals surface area (Å²) in [7, 11) is 4.50. The smallest absolute Gasteiger partial charge is 0.0363 e. The molecule has 1 N–H and O–H groups in total. The molecule has 2 aliphatic rings. The van der Waals surface area contributed by atoms with E-state index in [1.54, 1.807) is 0 Å². The molecule has 2 fully saturated rings. The van der Waals surface area contributed by atoms with Gasteiger partial charge in [0.25, 0.3) is 0 Å². The van der Waals surface area contributed by atoms with Gasteiger partial charge in [-0.15, -0.1) is 0 Å². The maximum absolute atomic E-state index is 3.80. The zero-order valence-corrected chi connectivity index (χ0v) is 13.5. The number of benzene rings is 1. The van der Waals surface area contributed by atoms with Crippen molar-refractivity contribution in [2.75, 3.05) is 32.1 Å². The van der Waals surface area contributed by atoms with E-state index in [0.29, 0.717) is 0 Å². The number of fused-ring (bicyclic) bond motifs is 2. The number of rotatable bonds is 6. The third-order valence-corrected chi connectivity index (χ3v) is 5.40. The first-order valence-electron chi connectivity index (χ1n) is 8.45. The van der Waals surface area contributed by atoms with Gasteiger partial charge < -0.3 is 15.1 Å². The van der Waals surface area contributed by atoms with Crippen LogP contribution < -0.4 is 10.2 Å². The van der Waals surface area contributed by atoms with Crippen LogP contribution in [0.25, 0.3) is 0 Å². The topological polar surface area (TPSA) is 18.5 Å². The van der Waals surface area contributed by atoms with Gasteiger partial charge in [-0.2, -0.15) is 0 Å². The van der Waals surface area contributed by atoms with E-state index in [0.717, 1.165) is 31.2 Å². The Bertz CT molecular complexity index is 419. The quantitative estimate of drug-likeness (QED) is 0.812. The minimum Gasteiger partial charge on any atom is -0.375 e. The fourth-order valence-electron chi connectivity index (χ4n) is 4.01. The highest BCUT2D eigenvalue weighted by molar-refractivity contribution is 5.44. The molecule has 3 nitrogen and oxygen atoms in total. The van der Waals surface area contributed by atoms with Crippen molar-refractivity contribution in [1.82, 2.24) is 10.2 Å². The average molecular weight is 287 g/mol. The van der Waals surface area contributed by atoms with E-state index in [2.05, 4.69) is 59.5 Å². The van der Waals surface area contributed by atoms with Crippen molar-refractivity contribution in [1.29, 1.82) is 0 Å². The molecule has 2 aliphatic heterocycles. The number of hydrogen-bond acceptors (Lipinski definition) is 3. The second-order valence-electron chi connectivity index (χ2n) is 6.78.